The van der Waals surface area contributed by atoms with Crippen LogP contribution in [-0.4, -0.2) is 22.5 Å². The summed E-state index contributed by atoms with van der Waals surface area (Å²) in [5.41, 5.74) is -0.754. The predicted octanol–water partition coefficient (Wildman–Crippen LogP) is 1.65. The molecule has 0 aliphatic heterocycles. The predicted molar refractivity (Wildman–Crippen MR) is 57.1 cm³/mol. The number of furan rings is 1. The van der Waals surface area contributed by atoms with Gasteiger partial charge in [-0.25, -0.2) is 0 Å². The Morgan fingerprint density at radius 1 is 1.56 bits per heavy atom. The van der Waals surface area contributed by atoms with E-state index in [-0.39, 0.29) is 12.2 Å². The van der Waals surface area contributed by atoms with Crippen LogP contribution in [0.3, 0.4) is 0 Å². The van der Waals surface area contributed by atoms with Gasteiger partial charge < -0.3 is 14.8 Å². The standard InChI is InChI=1S/C11H15NO4/c1-3-11(2,7-9(13)14)12-10(15)8-5-4-6-16-8/h4-6H,3,7H2,1-2H3,(H,12,15)(H,13,14)/t11-/m1/s1. The van der Waals surface area contributed by atoms with Crippen LogP contribution in [0.15, 0.2) is 22.8 Å². The van der Waals surface area contributed by atoms with Gasteiger partial charge in [-0.1, -0.05) is 6.92 Å². The number of carbonyl (C=O) groups is 2. The van der Waals surface area contributed by atoms with Gasteiger partial charge >= 0.3 is 5.97 Å². The summed E-state index contributed by atoms with van der Waals surface area (Å²) in [5, 5.41) is 11.4. The van der Waals surface area contributed by atoms with Gasteiger partial charge in [0, 0.05) is 5.54 Å². The molecule has 0 aliphatic rings. The van der Waals surface area contributed by atoms with E-state index in [1.807, 2.05) is 6.92 Å². The third-order valence-corrected chi connectivity index (χ3v) is 2.48. The highest BCUT2D eigenvalue weighted by Crippen LogP contribution is 2.15. The maximum Gasteiger partial charge on any atom is 0.305 e. The summed E-state index contributed by atoms with van der Waals surface area (Å²) >= 11 is 0. The molecule has 0 bridgehead atoms. The second-order valence-electron chi connectivity index (χ2n) is 3.92. The zero-order chi connectivity index (χ0) is 12.2. The first-order valence-corrected chi connectivity index (χ1v) is 5.04. The molecule has 5 nitrogen and oxygen atoms in total. The maximum atomic E-state index is 11.7. The minimum Gasteiger partial charge on any atom is -0.481 e. The average Bonchev–Trinajstić information content (AvgIpc) is 2.69. The topological polar surface area (TPSA) is 79.5 Å². The van der Waals surface area contributed by atoms with Gasteiger partial charge in [-0.15, -0.1) is 0 Å². The number of hydrogen-bond acceptors (Lipinski definition) is 3. The molecule has 0 unspecified atom stereocenters. The second-order valence-corrected chi connectivity index (χ2v) is 3.92. The molecule has 88 valence electrons. The Balaban J connectivity index is 2.70. The number of carbonyl (C=O) groups excluding carboxylic acids is 1. The molecule has 2 N–H and O–H groups in total. The van der Waals surface area contributed by atoms with Gasteiger partial charge in [-0.3, -0.25) is 9.59 Å². The van der Waals surface area contributed by atoms with Crippen LogP contribution < -0.4 is 5.32 Å². The van der Waals surface area contributed by atoms with Gasteiger partial charge in [0.15, 0.2) is 5.76 Å². The van der Waals surface area contributed by atoms with E-state index in [9.17, 15) is 9.59 Å². The molecule has 1 aromatic rings. The molecule has 0 spiro atoms. The van der Waals surface area contributed by atoms with Gasteiger partial charge in [-0.2, -0.15) is 0 Å². The Labute approximate surface area is 93.4 Å². The Morgan fingerprint density at radius 2 is 2.25 bits per heavy atom. The number of carboxylic acids is 1. The Hall–Kier alpha value is -1.78. The highest BCUT2D eigenvalue weighted by molar-refractivity contribution is 5.92. The highest BCUT2D eigenvalue weighted by atomic mass is 16.4. The van der Waals surface area contributed by atoms with Gasteiger partial charge in [0.05, 0.1) is 12.7 Å². The summed E-state index contributed by atoms with van der Waals surface area (Å²) in [6.07, 6.45) is 1.82. The molecule has 16 heavy (non-hydrogen) atoms. The van der Waals surface area contributed by atoms with Gasteiger partial charge in [0.1, 0.15) is 0 Å². The minimum atomic E-state index is -0.941. The quantitative estimate of drug-likeness (QED) is 0.798. The molecule has 1 rings (SSSR count). The van der Waals surface area contributed by atoms with E-state index in [1.165, 1.54) is 12.3 Å². The molecule has 0 aromatic carbocycles. The molecule has 0 saturated heterocycles. The number of nitrogens with one attached hydrogen (secondary N) is 1. The molecule has 1 heterocycles. The fourth-order valence-electron chi connectivity index (χ4n) is 1.33. The lowest BCUT2D eigenvalue weighted by molar-refractivity contribution is -0.138. The van der Waals surface area contributed by atoms with E-state index in [0.717, 1.165) is 0 Å². The molecular weight excluding hydrogens is 210 g/mol. The Bertz CT molecular complexity index is 371. The largest absolute Gasteiger partial charge is 0.481 e. The summed E-state index contributed by atoms with van der Waals surface area (Å²) in [6.45, 7) is 3.52. The van der Waals surface area contributed by atoms with E-state index in [1.54, 1.807) is 13.0 Å². The van der Waals surface area contributed by atoms with Crippen LogP contribution in [0.2, 0.25) is 0 Å². The fourth-order valence-corrected chi connectivity index (χ4v) is 1.33. The molecular formula is C11H15NO4. The number of hydrogen-bond donors (Lipinski definition) is 2. The lowest BCUT2D eigenvalue weighted by Gasteiger charge is -2.27. The smallest absolute Gasteiger partial charge is 0.305 e. The lowest BCUT2D eigenvalue weighted by atomic mass is 9.94. The van der Waals surface area contributed by atoms with Crippen LogP contribution in [0, 0.1) is 0 Å². The van der Waals surface area contributed by atoms with E-state index >= 15 is 0 Å². The van der Waals surface area contributed by atoms with Gasteiger partial charge in [0.25, 0.3) is 5.91 Å². The Kier molecular flexibility index (Phi) is 3.71. The monoisotopic (exact) mass is 225 g/mol. The van der Waals surface area contributed by atoms with Crippen LogP contribution in [0.25, 0.3) is 0 Å². The van der Waals surface area contributed by atoms with Crippen LogP contribution in [0.5, 0.6) is 0 Å². The van der Waals surface area contributed by atoms with Crippen molar-refractivity contribution in [2.75, 3.05) is 0 Å². The molecule has 0 radical (unpaired) electrons. The van der Waals surface area contributed by atoms with Crippen molar-refractivity contribution in [2.24, 2.45) is 0 Å². The zero-order valence-corrected chi connectivity index (χ0v) is 9.32. The molecule has 1 amide bonds. The van der Waals surface area contributed by atoms with E-state index < -0.39 is 17.4 Å². The van der Waals surface area contributed by atoms with Crippen molar-refractivity contribution >= 4 is 11.9 Å². The summed E-state index contributed by atoms with van der Waals surface area (Å²) in [5.74, 6) is -1.15. The summed E-state index contributed by atoms with van der Waals surface area (Å²) in [4.78, 5) is 22.3. The number of amides is 1. The molecule has 5 heteroatoms. The van der Waals surface area contributed by atoms with E-state index in [0.29, 0.717) is 6.42 Å². The van der Waals surface area contributed by atoms with E-state index in [4.69, 9.17) is 9.52 Å². The number of carboxylic acid groups (broad SMARTS) is 1. The maximum absolute atomic E-state index is 11.7. The summed E-state index contributed by atoms with van der Waals surface area (Å²) in [6, 6.07) is 3.14. The SMILES string of the molecule is CC[C@](C)(CC(=O)O)NC(=O)c1ccco1. The van der Waals surface area contributed by atoms with Crippen molar-refractivity contribution in [3.8, 4) is 0 Å². The van der Waals surface area contributed by atoms with Crippen molar-refractivity contribution in [3.05, 3.63) is 24.2 Å². The first-order chi connectivity index (χ1) is 7.47. The third-order valence-electron chi connectivity index (χ3n) is 2.48. The average molecular weight is 225 g/mol. The van der Waals surface area contributed by atoms with Crippen molar-refractivity contribution in [3.63, 3.8) is 0 Å². The highest BCUT2D eigenvalue weighted by Gasteiger charge is 2.28. The normalized spacial score (nSPS) is 14.1. The van der Waals surface area contributed by atoms with Crippen LogP contribution >= 0.6 is 0 Å². The van der Waals surface area contributed by atoms with Gasteiger partial charge in [-0.05, 0) is 25.5 Å². The van der Waals surface area contributed by atoms with Crippen molar-refractivity contribution in [1.82, 2.24) is 5.32 Å². The molecule has 1 aromatic heterocycles. The summed E-state index contributed by atoms with van der Waals surface area (Å²) in [7, 11) is 0. The van der Waals surface area contributed by atoms with E-state index in [2.05, 4.69) is 5.32 Å². The van der Waals surface area contributed by atoms with Crippen LogP contribution in [-0.2, 0) is 4.79 Å². The molecule has 0 saturated carbocycles. The third kappa shape index (κ3) is 3.12. The molecule has 1 atom stereocenters. The molecule has 0 fully saturated rings. The van der Waals surface area contributed by atoms with Crippen LogP contribution in [0.4, 0.5) is 0 Å². The van der Waals surface area contributed by atoms with Crippen molar-refractivity contribution in [1.29, 1.82) is 0 Å². The van der Waals surface area contributed by atoms with Gasteiger partial charge in [0.2, 0.25) is 0 Å². The second kappa shape index (κ2) is 4.83. The summed E-state index contributed by atoms with van der Waals surface area (Å²) < 4.78 is 4.93. The minimum absolute atomic E-state index is 0.115. The molecule has 0 aliphatic carbocycles. The number of aliphatic carboxylic acids is 1. The van der Waals surface area contributed by atoms with Crippen LogP contribution in [0.1, 0.15) is 37.2 Å². The van der Waals surface area contributed by atoms with Crippen molar-refractivity contribution < 1.29 is 19.1 Å². The van der Waals surface area contributed by atoms with Crippen molar-refractivity contribution in [2.45, 2.75) is 32.2 Å². The Morgan fingerprint density at radius 3 is 2.69 bits per heavy atom. The fraction of sp³-hybridized carbons (Fsp3) is 0.455. The first-order valence-electron chi connectivity index (χ1n) is 5.04. The lowest BCUT2D eigenvalue weighted by Crippen LogP contribution is -2.46. The number of rotatable bonds is 5. The first kappa shape index (κ1) is 12.3. The zero-order valence-electron chi connectivity index (χ0n) is 9.32.